The van der Waals surface area contributed by atoms with Gasteiger partial charge in [-0.1, -0.05) is 11.6 Å². The van der Waals surface area contributed by atoms with E-state index in [9.17, 15) is 9.18 Å². The van der Waals surface area contributed by atoms with Crippen LogP contribution in [0.4, 0.5) is 10.1 Å². The second-order valence-electron chi connectivity index (χ2n) is 5.47. The maximum Gasteiger partial charge on any atom is 0.258 e. The highest BCUT2D eigenvalue weighted by Gasteiger charge is 2.15. The molecule has 4 nitrogen and oxygen atoms in total. The molecule has 122 valence electrons. The number of carbonyl (C=O) groups is 1. The number of halogens is 1. The first-order valence-electron chi connectivity index (χ1n) is 7.33. The Bertz CT molecular complexity index is 713. The molecule has 0 aliphatic carbocycles. The number of hydrogen-bond acceptors (Lipinski definition) is 3. The van der Waals surface area contributed by atoms with Crippen LogP contribution in [0, 0.1) is 12.7 Å². The second kappa shape index (κ2) is 7.13. The fraction of sp³-hybridized carbons (Fsp3) is 0.278. The van der Waals surface area contributed by atoms with E-state index in [1.165, 1.54) is 19.2 Å². The summed E-state index contributed by atoms with van der Waals surface area (Å²) in [5.74, 6) is -0.0290. The van der Waals surface area contributed by atoms with E-state index in [0.717, 1.165) is 5.56 Å². The van der Waals surface area contributed by atoms with Crippen LogP contribution in [0.1, 0.15) is 29.8 Å². The van der Waals surface area contributed by atoms with Gasteiger partial charge in [-0.3, -0.25) is 4.79 Å². The van der Waals surface area contributed by atoms with Crippen molar-refractivity contribution in [2.45, 2.75) is 26.9 Å². The van der Waals surface area contributed by atoms with Crippen LogP contribution in [-0.4, -0.2) is 19.1 Å². The average molecular weight is 317 g/mol. The fourth-order valence-electron chi connectivity index (χ4n) is 2.09. The van der Waals surface area contributed by atoms with Gasteiger partial charge in [0.2, 0.25) is 0 Å². The van der Waals surface area contributed by atoms with Gasteiger partial charge in [0, 0.05) is 6.07 Å². The highest BCUT2D eigenvalue weighted by Crippen LogP contribution is 2.30. The summed E-state index contributed by atoms with van der Waals surface area (Å²) in [6.07, 6.45) is -0.0604. The van der Waals surface area contributed by atoms with Crippen molar-refractivity contribution in [3.8, 4) is 11.5 Å². The summed E-state index contributed by atoms with van der Waals surface area (Å²) in [5.41, 5.74) is 1.23. The van der Waals surface area contributed by atoms with E-state index in [0.29, 0.717) is 17.2 Å². The first-order chi connectivity index (χ1) is 10.9. The Balaban J connectivity index is 2.33. The summed E-state index contributed by atoms with van der Waals surface area (Å²) in [7, 11) is 1.53. The van der Waals surface area contributed by atoms with Gasteiger partial charge < -0.3 is 14.8 Å². The zero-order valence-electron chi connectivity index (χ0n) is 13.6. The van der Waals surface area contributed by atoms with Gasteiger partial charge in [-0.25, -0.2) is 4.39 Å². The van der Waals surface area contributed by atoms with Gasteiger partial charge in [-0.05, 0) is 45.0 Å². The van der Waals surface area contributed by atoms with Crippen LogP contribution in [0.25, 0.3) is 0 Å². The number of rotatable bonds is 5. The van der Waals surface area contributed by atoms with E-state index in [1.54, 1.807) is 31.2 Å². The van der Waals surface area contributed by atoms with E-state index >= 15 is 0 Å². The van der Waals surface area contributed by atoms with Crippen molar-refractivity contribution in [3.63, 3.8) is 0 Å². The zero-order valence-corrected chi connectivity index (χ0v) is 13.6. The van der Waals surface area contributed by atoms with Gasteiger partial charge in [0.1, 0.15) is 17.3 Å². The topological polar surface area (TPSA) is 47.6 Å². The first kappa shape index (κ1) is 16.8. The van der Waals surface area contributed by atoms with Crippen molar-refractivity contribution < 1.29 is 18.7 Å². The summed E-state index contributed by atoms with van der Waals surface area (Å²) in [4.78, 5) is 12.4. The predicted octanol–water partition coefficient (Wildman–Crippen LogP) is 4.18. The number of benzene rings is 2. The van der Waals surface area contributed by atoms with Crippen LogP contribution in [0.5, 0.6) is 11.5 Å². The van der Waals surface area contributed by atoms with Crippen molar-refractivity contribution in [3.05, 3.63) is 53.3 Å². The third kappa shape index (κ3) is 4.22. The summed E-state index contributed by atoms with van der Waals surface area (Å²) >= 11 is 0. The van der Waals surface area contributed by atoms with Crippen molar-refractivity contribution >= 4 is 11.6 Å². The second-order valence-corrected chi connectivity index (χ2v) is 5.47. The Labute approximate surface area is 135 Å². The molecule has 0 radical (unpaired) electrons. The monoisotopic (exact) mass is 317 g/mol. The number of aryl methyl sites for hydroxylation is 1. The van der Waals surface area contributed by atoms with Crippen LogP contribution in [-0.2, 0) is 0 Å². The highest BCUT2D eigenvalue weighted by molar-refractivity contribution is 6.05. The summed E-state index contributed by atoms with van der Waals surface area (Å²) in [6.45, 7) is 5.57. The number of amides is 1. The smallest absolute Gasteiger partial charge is 0.258 e. The molecule has 23 heavy (non-hydrogen) atoms. The van der Waals surface area contributed by atoms with Crippen molar-refractivity contribution in [1.29, 1.82) is 0 Å². The number of ether oxygens (including phenoxy) is 2. The van der Waals surface area contributed by atoms with Gasteiger partial charge in [0.25, 0.3) is 5.91 Å². The van der Waals surface area contributed by atoms with Crippen LogP contribution < -0.4 is 14.8 Å². The van der Waals surface area contributed by atoms with E-state index in [1.807, 2.05) is 13.8 Å². The number of hydrogen-bond donors (Lipinski definition) is 1. The van der Waals surface area contributed by atoms with Gasteiger partial charge in [0.05, 0.1) is 24.5 Å². The Kier molecular flexibility index (Phi) is 5.21. The molecular formula is C18H20FNO3. The lowest BCUT2D eigenvalue weighted by Gasteiger charge is -2.16. The molecule has 0 aliphatic rings. The molecule has 2 aromatic carbocycles. The summed E-state index contributed by atoms with van der Waals surface area (Å²) < 4.78 is 24.7. The van der Waals surface area contributed by atoms with Crippen LogP contribution in [0.3, 0.4) is 0 Å². The Hall–Kier alpha value is -2.56. The Morgan fingerprint density at radius 2 is 1.91 bits per heavy atom. The molecule has 1 N–H and O–H groups in total. The third-order valence-corrected chi connectivity index (χ3v) is 3.16. The highest BCUT2D eigenvalue weighted by atomic mass is 19.1. The predicted molar refractivity (Wildman–Crippen MR) is 87.8 cm³/mol. The van der Waals surface area contributed by atoms with E-state index in [4.69, 9.17) is 9.47 Å². The maximum absolute atomic E-state index is 13.9. The van der Waals surface area contributed by atoms with Crippen molar-refractivity contribution in [2.24, 2.45) is 0 Å². The third-order valence-electron chi connectivity index (χ3n) is 3.16. The molecular weight excluding hydrogens is 297 g/mol. The lowest BCUT2D eigenvalue weighted by molar-refractivity contribution is 0.102. The average Bonchev–Trinajstić information content (AvgIpc) is 2.50. The Morgan fingerprint density at radius 1 is 1.17 bits per heavy atom. The molecule has 0 aliphatic heterocycles. The van der Waals surface area contributed by atoms with E-state index in [-0.39, 0.29) is 11.7 Å². The molecule has 0 heterocycles. The number of carbonyl (C=O) groups excluding carboxylic acids is 1. The zero-order chi connectivity index (χ0) is 17.0. The molecule has 5 heteroatoms. The van der Waals surface area contributed by atoms with Gasteiger partial charge in [-0.2, -0.15) is 0 Å². The quantitative estimate of drug-likeness (QED) is 0.900. The van der Waals surface area contributed by atoms with Crippen LogP contribution in [0.15, 0.2) is 36.4 Å². The number of anilines is 1. The molecule has 2 aromatic rings. The van der Waals surface area contributed by atoms with Crippen molar-refractivity contribution in [2.75, 3.05) is 12.4 Å². The van der Waals surface area contributed by atoms with Gasteiger partial charge in [-0.15, -0.1) is 0 Å². The SMILES string of the molecule is COc1ccc(OC(C)C)c(NC(=O)c2cc(C)ccc2F)c1. The molecule has 2 rings (SSSR count). The molecule has 0 saturated carbocycles. The minimum atomic E-state index is -0.567. The molecule has 0 spiro atoms. The lowest BCUT2D eigenvalue weighted by Crippen LogP contribution is -2.16. The largest absolute Gasteiger partial charge is 0.497 e. The minimum Gasteiger partial charge on any atom is -0.497 e. The number of nitrogens with one attached hydrogen (secondary N) is 1. The molecule has 0 saturated heterocycles. The normalized spacial score (nSPS) is 10.5. The summed E-state index contributed by atoms with van der Waals surface area (Å²) in [6, 6.07) is 9.49. The molecule has 0 atom stereocenters. The fourth-order valence-corrected chi connectivity index (χ4v) is 2.09. The van der Waals surface area contributed by atoms with Crippen LogP contribution >= 0.6 is 0 Å². The van der Waals surface area contributed by atoms with E-state index < -0.39 is 11.7 Å². The number of methoxy groups -OCH3 is 1. The molecule has 0 unspecified atom stereocenters. The van der Waals surface area contributed by atoms with E-state index in [2.05, 4.69) is 5.32 Å². The Morgan fingerprint density at radius 3 is 2.57 bits per heavy atom. The minimum absolute atomic E-state index is 0.0108. The molecule has 0 aromatic heterocycles. The van der Waals surface area contributed by atoms with Gasteiger partial charge >= 0.3 is 0 Å². The molecule has 0 fully saturated rings. The standard InChI is InChI=1S/C18H20FNO3/c1-11(2)23-17-8-6-13(22-4)10-16(17)20-18(21)14-9-12(3)5-7-15(14)19/h5-11H,1-4H3,(H,20,21). The maximum atomic E-state index is 13.9. The lowest BCUT2D eigenvalue weighted by atomic mass is 10.1. The first-order valence-corrected chi connectivity index (χ1v) is 7.33. The molecule has 1 amide bonds. The molecule has 0 bridgehead atoms. The van der Waals surface area contributed by atoms with Crippen LogP contribution in [0.2, 0.25) is 0 Å². The van der Waals surface area contributed by atoms with Gasteiger partial charge in [0.15, 0.2) is 0 Å². The van der Waals surface area contributed by atoms with Crippen molar-refractivity contribution in [1.82, 2.24) is 0 Å². The summed E-state index contributed by atoms with van der Waals surface area (Å²) in [5, 5.41) is 2.69.